The zero-order chi connectivity index (χ0) is 32.6. The molecule has 9 heteroatoms. The third-order valence-electron chi connectivity index (χ3n) is 7.94. The van der Waals surface area contributed by atoms with E-state index in [9.17, 15) is 9.83 Å². The number of hydrogen-bond acceptors (Lipinski definition) is 7. The van der Waals surface area contributed by atoms with Crippen LogP contribution in [0, 0.1) is 11.3 Å². The third-order valence-corrected chi connectivity index (χ3v) is 9.59. The maximum atomic E-state index is 13.2. The van der Waals surface area contributed by atoms with Crippen LogP contribution in [0.2, 0.25) is 5.02 Å². The van der Waals surface area contributed by atoms with Gasteiger partial charge in [0.15, 0.2) is 0 Å². The van der Waals surface area contributed by atoms with Gasteiger partial charge in [-0.2, -0.15) is 5.26 Å². The minimum absolute atomic E-state index is 0.0295. The van der Waals surface area contributed by atoms with E-state index in [4.69, 9.17) is 34.6 Å². The monoisotopic (exact) mass is 663 g/mol. The largest absolute Gasteiger partial charge is 0.529 e. The quantitative estimate of drug-likeness (QED) is 0.0694. The van der Waals surface area contributed by atoms with Gasteiger partial charge in [0.25, 0.3) is 0 Å². The van der Waals surface area contributed by atoms with Crippen LogP contribution in [0.5, 0.6) is 11.5 Å². The Hall–Kier alpha value is -2.07. The summed E-state index contributed by atoms with van der Waals surface area (Å²) in [5, 5.41) is 9.60. The molecule has 0 bridgehead atoms. The van der Waals surface area contributed by atoms with Gasteiger partial charge in [-0.15, -0.1) is 0 Å². The lowest BCUT2D eigenvalue weighted by atomic mass is 10.0. The van der Waals surface area contributed by atoms with Crippen molar-refractivity contribution in [1.29, 1.82) is 5.26 Å². The van der Waals surface area contributed by atoms with Gasteiger partial charge in [0.05, 0.1) is 37.0 Å². The summed E-state index contributed by atoms with van der Waals surface area (Å²) < 4.78 is 41.2. The molecule has 0 N–H and O–H groups in total. The summed E-state index contributed by atoms with van der Waals surface area (Å²) in [6.45, 7) is 2.59. The highest BCUT2D eigenvalue weighted by Gasteiger charge is 2.29. The van der Waals surface area contributed by atoms with Crippen molar-refractivity contribution in [2.45, 2.75) is 129 Å². The molecule has 2 atom stereocenters. The van der Waals surface area contributed by atoms with E-state index in [2.05, 4.69) is 13.0 Å². The topological polar surface area (TPSA) is 87.0 Å². The summed E-state index contributed by atoms with van der Waals surface area (Å²) in [6.07, 6.45) is 21.3. The molecule has 0 aliphatic carbocycles. The zero-order valence-corrected chi connectivity index (χ0v) is 29.4. The summed E-state index contributed by atoms with van der Waals surface area (Å²) in [5.74, 6) is 0.727. The van der Waals surface area contributed by atoms with Gasteiger partial charge in [-0.3, -0.25) is 9.05 Å². The van der Waals surface area contributed by atoms with E-state index in [1.165, 1.54) is 104 Å². The van der Waals surface area contributed by atoms with Crippen LogP contribution in [0.4, 0.5) is 0 Å². The van der Waals surface area contributed by atoms with Crippen LogP contribution < -0.4 is 9.26 Å². The molecule has 0 aliphatic rings. The van der Waals surface area contributed by atoms with Crippen LogP contribution in [-0.2, 0) is 25.0 Å². The van der Waals surface area contributed by atoms with E-state index < -0.39 is 7.82 Å². The van der Waals surface area contributed by atoms with Gasteiger partial charge >= 0.3 is 7.82 Å². The number of hydrogen-bond donors (Lipinski definition) is 0. The van der Waals surface area contributed by atoms with Gasteiger partial charge in [-0.1, -0.05) is 139 Å². The first-order chi connectivity index (χ1) is 21.9. The molecule has 2 aromatic carbocycles. The molecule has 0 radical (unpaired) electrons. The normalized spacial score (nSPS) is 13.2. The SMILES string of the molecule is CCCCCCCCCCCCCCCCCC[C@H](COP(=O)(OC)Oc1ccccc1Cl)OCc1ccc(C#N)c(OC)c1. The number of benzene rings is 2. The highest BCUT2D eigenvalue weighted by atomic mass is 35.5. The van der Waals surface area contributed by atoms with E-state index in [0.717, 1.165) is 24.8 Å². The molecule has 0 spiro atoms. The molecule has 0 amide bonds. The molecule has 45 heavy (non-hydrogen) atoms. The molecule has 0 aromatic heterocycles. The van der Waals surface area contributed by atoms with E-state index in [0.29, 0.717) is 16.3 Å². The zero-order valence-electron chi connectivity index (χ0n) is 27.8. The van der Waals surface area contributed by atoms with Crippen molar-refractivity contribution < 1.29 is 27.6 Å². The Balaban J connectivity index is 1.76. The fraction of sp³-hybridized carbons (Fsp3) is 0.639. The molecule has 252 valence electrons. The number of para-hydroxylation sites is 1. The van der Waals surface area contributed by atoms with Crippen molar-refractivity contribution >= 4 is 19.4 Å². The first kappa shape index (κ1) is 39.1. The van der Waals surface area contributed by atoms with Crippen molar-refractivity contribution in [3.8, 4) is 17.6 Å². The molecule has 0 aliphatic heterocycles. The number of rotatable bonds is 27. The average molecular weight is 664 g/mol. The third kappa shape index (κ3) is 16.9. The lowest BCUT2D eigenvalue weighted by molar-refractivity contribution is -0.00440. The summed E-state index contributed by atoms with van der Waals surface area (Å²) in [5.41, 5.74) is 1.33. The number of nitrogens with zero attached hydrogens (tertiary/aromatic N) is 1. The molecule has 2 rings (SSSR count). The minimum atomic E-state index is -3.92. The maximum absolute atomic E-state index is 13.2. The van der Waals surface area contributed by atoms with E-state index in [1.54, 1.807) is 36.4 Å². The van der Waals surface area contributed by atoms with Gasteiger partial charge in [0, 0.05) is 7.11 Å². The molecule has 0 fully saturated rings. The predicted octanol–water partition coefficient (Wildman–Crippen LogP) is 11.6. The van der Waals surface area contributed by atoms with Crippen molar-refractivity contribution in [1.82, 2.24) is 0 Å². The molecule has 1 unspecified atom stereocenters. The fourth-order valence-corrected chi connectivity index (χ4v) is 6.41. The van der Waals surface area contributed by atoms with Gasteiger partial charge in [-0.25, -0.2) is 4.57 Å². The lowest BCUT2D eigenvalue weighted by Crippen LogP contribution is -2.20. The first-order valence-corrected chi connectivity index (χ1v) is 18.7. The average Bonchev–Trinajstić information content (AvgIpc) is 3.06. The van der Waals surface area contributed by atoms with E-state index in [-0.39, 0.29) is 25.1 Å². The predicted molar refractivity (Wildman–Crippen MR) is 183 cm³/mol. The van der Waals surface area contributed by atoms with Crippen molar-refractivity contribution in [2.75, 3.05) is 20.8 Å². The first-order valence-electron chi connectivity index (χ1n) is 16.9. The van der Waals surface area contributed by atoms with Gasteiger partial charge in [-0.05, 0) is 36.2 Å². The van der Waals surface area contributed by atoms with Gasteiger partial charge in [0.2, 0.25) is 0 Å². The van der Waals surface area contributed by atoms with Gasteiger partial charge < -0.3 is 14.0 Å². The number of unbranched alkanes of at least 4 members (excludes halogenated alkanes) is 15. The van der Waals surface area contributed by atoms with Gasteiger partial charge in [0.1, 0.15) is 17.6 Å². The second kappa shape index (κ2) is 24.2. The number of nitriles is 1. The molecule has 0 saturated heterocycles. The number of methoxy groups -OCH3 is 1. The van der Waals surface area contributed by atoms with Crippen LogP contribution >= 0.6 is 19.4 Å². The molecule has 0 heterocycles. The minimum Gasteiger partial charge on any atom is -0.495 e. The summed E-state index contributed by atoms with van der Waals surface area (Å²) in [4.78, 5) is 0. The van der Waals surface area contributed by atoms with Crippen LogP contribution in [0.1, 0.15) is 127 Å². The summed E-state index contributed by atoms with van der Waals surface area (Å²) in [7, 11) is -1.10. The smallest absolute Gasteiger partial charge is 0.495 e. The highest BCUT2D eigenvalue weighted by Crippen LogP contribution is 2.50. The Kier molecular flexibility index (Phi) is 21.0. The highest BCUT2D eigenvalue weighted by molar-refractivity contribution is 7.48. The van der Waals surface area contributed by atoms with Crippen LogP contribution in [0.25, 0.3) is 0 Å². The van der Waals surface area contributed by atoms with E-state index >= 15 is 0 Å². The lowest BCUT2D eigenvalue weighted by Gasteiger charge is -2.22. The molecular formula is C36H55ClNO6P. The molecule has 2 aromatic rings. The second-order valence-electron chi connectivity index (χ2n) is 11.6. The van der Waals surface area contributed by atoms with Crippen molar-refractivity contribution in [3.63, 3.8) is 0 Å². The maximum Gasteiger partial charge on any atom is 0.529 e. The Morgan fingerprint density at radius 2 is 1.38 bits per heavy atom. The Morgan fingerprint density at radius 3 is 1.91 bits per heavy atom. The van der Waals surface area contributed by atoms with Crippen LogP contribution in [-0.4, -0.2) is 26.9 Å². The van der Waals surface area contributed by atoms with Crippen LogP contribution in [0.3, 0.4) is 0 Å². The number of halogens is 1. The van der Waals surface area contributed by atoms with E-state index in [1.807, 2.05) is 6.07 Å². The Labute approximate surface area is 277 Å². The standard InChI is InChI=1S/C36H55ClNO6P/c1-4-5-6-7-8-9-10-11-12-13-14-15-16-17-18-19-22-33(42-29-31-25-26-32(28-38)36(27-31)40-2)30-43-45(39,41-3)44-35-24-21-20-23-34(35)37/h20-21,23-27,33H,4-19,22,29-30H2,1-3H3/t33-,45?/m1/s1. The van der Waals surface area contributed by atoms with Crippen molar-refractivity contribution in [3.05, 3.63) is 58.6 Å². The second-order valence-corrected chi connectivity index (χ2v) is 13.7. The number of phosphoric ester groups is 1. The van der Waals surface area contributed by atoms with Crippen molar-refractivity contribution in [2.24, 2.45) is 0 Å². The summed E-state index contributed by atoms with van der Waals surface area (Å²) >= 11 is 6.18. The van der Waals surface area contributed by atoms with Crippen LogP contribution in [0.15, 0.2) is 42.5 Å². The molecule has 0 saturated carbocycles. The molecular weight excluding hydrogens is 609 g/mol. The number of ether oxygens (including phenoxy) is 2. The number of phosphoric acid groups is 1. The summed E-state index contributed by atoms with van der Waals surface area (Å²) in [6, 6.07) is 14.2. The Bertz CT molecular complexity index is 1160. The Morgan fingerprint density at radius 1 is 0.800 bits per heavy atom. The fourth-order valence-electron chi connectivity index (χ4n) is 5.20. The molecule has 7 nitrogen and oxygen atoms in total.